The number of carbonyl (C=O) groups excluding carboxylic acids is 1. The summed E-state index contributed by atoms with van der Waals surface area (Å²) in [5.74, 6) is 5.71. The van der Waals surface area contributed by atoms with Gasteiger partial charge in [-0.15, -0.1) is 0 Å². The number of Topliss-reactive ketones (excluding diaryl/α,β-unsaturated/α-hetero) is 1. The van der Waals surface area contributed by atoms with E-state index in [9.17, 15) is 9.18 Å². The Morgan fingerprint density at radius 2 is 2.07 bits per heavy atom. The summed E-state index contributed by atoms with van der Waals surface area (Å²) in [6.07, 6.45) is 2.20. The van der Waals surface area contributed by atoms with Crippen LogP contribution in [0.2, 0.25) is 0 Å². The minimum absolute atomic E-state index is 0.0550. The number of hydrogen-bond acceptors (Lipinski definition) is 4. The first-order valence-corrected chi connectivity index (χ1v) is 9.89. The maximum absolute atomic E-state index is 13.7. The van der Waals surface area contributed by atoms with Gasteiger partial charge in [-0.2, -0.15) is 0 Å². The van der Waals surface area contributed by atoms with Gasteiger partial charge in [-0.3, -0.25) is 9.69 Å². The van der Waals surface area contributed by atoms with Gasteiger partial charge in [0.2, 0.25) is 0 Å². The Hall–Kier alpha value is -2.68. The van der Waals surface area contributed by atoms with Crippen LogP contribution in [0.15, 0.2) is 42.5 Å². The van der Waals surface area contributed by atoms with Crippen LogP contribution in [0.4, 0.5) is 4.39 Å². The fraction of sp³-hybridized carbons (Fsp3) is 0.375. The van der Waals surface area contributed by atoms with E-state index in [-0.39, 0.29) is 18.3 Å². The molecule has 0 spiro atoms. The van der Waals surface area contributed by atoms with Crippen LogP contribution in [0.5, 0.6) is 5.75 Å². The maximum atomic E-state index is 13.7. The minimum atomic E-state index is -0.427. The zero-order valence-electron chi connectivity index (χ0n) is 16.7. The first kappa shape index (κ1) is 21.0. The van der Waals surface area contributed by atoms with Crippen molar-refractivity contribution in [1.29, 1.82) is 0 Å². The third-order valence-corrected chi connectivity index (χ3v) is 5.13. The molecule has 1 heterocycles. The normalized spacial score (nSPS) is 16.7. The predicted molar refractivity (Wildman–Crippen MR) is 110 cm³/mol. The number of halogens is 1. The van der Waals surface area contributed by atoms with E-state index in [0.717, 1.165) is 37.1 Å². The van der Waals surface area contributed by atoms with Gasteiger partial charge in [-0.25, -0.2) is 4.39 Å². The van der Waals surface area contributed by atoms with Gasteiger partial charge in [-0.05, 0) is 55.3 Å². The van der Waals surface area contributed by atoms with Crippen LogP contribution >= 0.6 is 0 Å². The van der Waals surface area contributed by atoms with E-state index in [4.69, 9.17) is 9.84 Å². The Bertz CT molecular complexity index is 899. The van der Waals surface area contributed by atoms with Crippen molar-refractivity contribution in [3.8, 4) is 17.6 Å². The van der Waals surface area contributed by atoms with Gasteiger partial charge in [0, 0.05) is 31.0 Å². The summed E-state index contributed by atoms with van der Waals surface area (Å²) in [7, 11) is 1.50. The molecular formula is C24H26FNO3. The van der Waals surface area contributed by atoms with Gasteiger partial charge in [0.05, 0.1) is 19.3 Å². The first-order chi connectivity index (χ1) is 14.1. The second-order valence-corrected chi connectivity index (χ2v) is 7.26. The first-order valence-electron chi connectivity index (χ1n) is 9.89. The van der Waals surface area contributed by atoms with Gasteiger partial charge in [-0.1, -0.05) is 24.0 Å². The van der Waals surface area contributed by atoms with Crippen molar-refractivity contribution in [3.63, 3.8) is 0 Å². The van der Waals surface area contributed by atoms with Crippen LogP contribution in [0.3, 0.4) is 0 Å². The van der Waals surface area contributed by atoms with E-state index >= 15 is 0 Å². The predicted octanol–water partition coefficient (Wildman–Crippen LogP) is 3.66. The number of hydrogen-bond donors (Lipinski definition) is 1. The summed E-state index contributed by atoms with van der Waals surface area (Å²) in [5, 5.41) is 8.79. The molecule has 0 unspecified atom stereocenters. The van der Waals surface area contributed by atoms with Crippen molar-refractivity contribution in [3.05, 3.63) is 65.0 Å². The molecule has 1 aliphatic heterocycles. The number of ether oxygens (including phenoxy) is 1. The molecule has 1 fully saturated rings. The lowest BCUT2D eigenvalue weighted by Gasteiger charge is -2.32. The molecular weight excluding hydrogens is 369 g/mol. The molecule has 2 aromatic rings. The van der Waals surface area contributed by atoms with E-state index in [1.54, 1.807) is 0 Å². The fourth-order valence-electron chi connectivity index (χ4n) is 3.68. The third-order valence-electron chi connectivity index (χ3n) is 5.13. The Kier molecular flexibility index (Phi) is 7.40. The van der Waals surface area contributed by atoms with E-state index in [1.165, 1.54) is 25.3 Å². The molecule has 0 aliphatic carbocycles. The standard InChI is InChI=1S/C24H26FNO3/c1-29-23-12-11-21(25)15-22(23)24(28)20-6-4-13-26(17-20)16-19-9-7-18(8-10-19)5-2-3-14-27/h7-12,15,20,27H,3-4,6,13-14,16-17H2,1H3/t20-/m1/s1. The highest BCUT2D eigenvalue weighted by Crippen LogP contribution is 2.27. The van der Waals surface area contributed by atoms with Crippen molar-refractivity contribution >= 4 is 5.78 Å². The molecule has 0 radical (unpaired) electrons. The van der Waals surface area contributed by atoms with Crippen molar-refractivity contribution in [2.45, 2.75) is 25.8 Å². The number of benzene rings is 2. The molecule has 152 valence electrons. The van der Waals surface area contributed by atoms with Crippen LogP contribution < -0.4 is 4.74 Å². The average Bonchev–Trinajstić information content (AvgIpc) is 2.75. The van der Waals surface area contributed by atoms with Crippen LogP contribution in [0.1, 0.15) is 40.7 Å². The number of rotatable bonds is 6. The van der Waals surface area contributed by atoms with Crippen LogP contribution in [-0.4, -0.2) is 42.6 Å². The smallest absolute Gasteiger partial charge is 0.171 e. The largest absolute Gasteiger partial charge is 0.496 e. The Balaban J connectivity index is 1.64. The van der Waals surface area contributed by atoms with Gasteiger partial charge >= 0.3 is 0 Å². The van der Waals surface area contributed by atoms with Crippen molar-refractivity contribution < 1.29 is 19.0 Å². The topological polar surface area (TPSA) is 49.8 Å². The Morgan fingerprint density at radius 3 is 2.79 bits per heavy atom. The summed E-state index contributed by atoms with van der Waals surface area (Å²) in [6.45, 7) is 2.41. The molecule has 1 N–H and O–H groups in total. The number of aliphatic hydroxyl groups is 1. The highest BCUT2D eigenvalue weighted by atomic mass is 19.1. The second-order valence-electron chi connectivity index (χ2n) is 7.26. The second kappa shape index (κ2) is 10.2. The Morgan fingerprint density at radius 1 is 1.28 bits per heavy atom. The lowest BCUT2D eigenvalue weighted by molar-refractivity contribution is 0.0808. The SMILES string of the molecule is COc1ccc(F)cc1C(=O)[C@@H]1CCCN(Cc2ccc(C#CCCO)cc2)C1. The quantitative estimate of drug-likeness (QED) is 0.599. The maximum Gasteiger partial charge on any atom is 0.171 e. The van der Waals surface area contributed by atoms with Crippen molar-refractivity contribution in [1.82, 2.24) is 4.90 Å². The minimum Gasteiger partial charge on any atom is -0.496 e. The van der Waals surface area contributed by atoms with Gasteiger partial charge in [0.25, 0.3) is 0 Å². The number of ketones is 1. The molecule has 0 saturated carbocycles. The molecule has 0 bridgehead atoms. The monoisotopic (exact) mass is 395 g/mol. The zero-order valence-corrected chi connectivity index (χ0v) is 16.7. The van der Waals surface area contributed by atoms with Crippen LogP contribution in [0, 0.1) is 23.6 Å². The average molecular weight is 395 g/mol. The van der Waals surface area contributed by atoms with Crippen LogP contribution in [0.25, 0.3) is 0 Å². The summed E-state index contributed by atoms with van der Waals surface area (Å²) in [5.41, 5.74) is 2.41. The number of nitrogens with zero attached hydrogens (tertiary/aromatic N) is 1. The van der Waals surface area contributed by atoms with E-state index in [1.807, 2.05) is 24.3 Å². The summed E-state index contributed by atoms with van der Waals surface area (Å²) in [6, 6.07) is 12.1. The number of aliphatic hydroxyl groups excluding tert-OH is 1. The summed E-state index contributed by atoms with van der Waals surface area (Å²) < 4.78 is 18.9. The van der Waals surface area contributed by atoms with Crippen molar-refractivity contribution in [2.75, 3.05) is 26.8 Å². The molecule has 1 saturated heterocycles. The van der Waals surface area contributed by atoms with E-state index < -0.39 is 5.82 Å². The molecule has 3 rings (SSSR count). The number of carbonyl (C=O) groups is 1. The molecule has 1 aliphatic rings. The van der Waals surface area contributed by atoms with Gasteiger partial charge in [0.1, 0.15) is 11.6 Å². The molecule has 0 aromatic heterocycles. The van der Waals surface area contributed by atoms with E-state index in [0.29, 0.717) is 24.3 Å². The highest BCUT2D eigenvalue weighted by molar-refractivity contribution is 6.00. The number of likely N-dealkylation sites (tertiary alicyclic amines) is 1. The summed E-state index contributed by atoms with van der Waals surface area (Å²) >= 11 is 0. The van der Waals surface area contributed by atoms with E-state index in [2.05, 4.69) is 16.7 Å². The van der Waals surface area contributed by atoms with Crippen LogP contribution in [-0.2, 0) is 6.54 Å². The number of methoxy groups -OCH3 is 1. The molecule has 0 amide bonds. The highest BCUT2D eigenvalue weighted by Gasteiger charge is 2.28. The third kappa shape index (κ3) is 5.66. The zero-order chi connectivity index (χ0) is 20.6. The molecule has 4 nitrogen and oxygen atoms in total. The molecule has 5 heteroatoms. The Labute approximate surface area is 171 Å². The fourth-order valence-corrected chi connectivity index (χ4v) is 3.68. The molecule has 29 heavy (non-hydrogen) atoms. The van der Waals surface area contributed by atoms with Gasteiger partial charge in [0.15, 0.2) is 5.78 Å². The summed E-state index contributed by atoms with van der Waals surface area (Å²) in [4.78, 5) is 15.3. The van der Waals surface area contributed by atoms with Gasteiger partial charge < -0.3 is 9.84 Å². The lowest BCUT2D eigenvalue weighted by atomic mass is 9.89. The molecule has 1 atom stereocenters. The van der Waals surface area contributed by atoms with Crippen molar-refractivity contribution in [2.24, 2.45) is 5.92 Å². The molecule has 2 aromatic carbocycles. The number of piperidine rings is 1. The lowest BCUT2D eigenvalue weighted by Crippen LogP contribution is -2.38.